The first-order valence-corrected chi connectivity index (χ1v) is 11.6. The molecule has 1 aliphatic carbocycles. The Morgan fingerprint density at radius 1 is 1.13 bits per heavy atom. The maximum Gasteiger partial charge on any atom is 0.245 e. The molecule has 2 amide bonds. The van der Waals surface area contributed by atoms with Crippen molar-refractivity contribution < 1.29 is 9.59 Å². The van der Waals surface area contributed by atoms with E-state index in [1.807, 2.05) is 30.3 Å². The number of likely N-dealkylation sites (tertiary alicyclic amines) is 1. The number of nitrogens with zero attached hydrogens (tertiary/aromatic N) is 1. The van der Waals surface area contributed by atoms with E-state index in [2.05, 4.69) is 31.0 Å². The number of carbonyl (C=O) groups excluding carboxylic acids is 2. The molecule has 3 N–H and O–H groups in total. The van der Waals surface area contributed by atoms with E-state index < -0.39 is 6.04 Å². The van der Waals surface area contributed by atoms with Crippen LogP contribution in [0.25, 0.3) is 0 Å². The highest BCUT2D eigenvalue weighted by atomic mass is 16.2. The van der Waals surface area contributed by atoms with Gasteiger partial charge in [-0.15, -0.1) is 0 Å². The normalized spacial score (nSPS) is 25.7. The summed E-state index contributed by atoms with van der Waals surface area (Å²) in [5.74, 6) is 0.0515. The molecule has 1 saturated heterocycles. The van der Waals surface area contributed by atoms with Crippen LogP contribution in [0.2, 0.25) is 0 Å². The summed E-state index contributed by atoms with van der Waals surface area (Å²) in [6, 6.07) is 9.78. The van der Waals surface area contributed by atoms with E-state index in [-0.39, 0.29) is 28.7 Å². The third kappa shape index (κ3) is 5.84. The summed E-state index contributed by atoms with van der Waals surface area (Å²) >= 11 is 0. The molecule has 30 heavy (non-hydrogen) atoms. The van der Waals surface area contributed by atoms with Crippen LogP contribution in [-0.2, 0) is 16.0 Å². The first-order chi connectivity index (χ1) is 14.2. The van der Waals surface area contributed by atoms with Gasteiger partial charge in [0.15, 0.2) is 0 Å². The molecule has 3 rings (SSSR count). The Kier molecular flexibility index (Phi) is 7.22. The predicted octanol–water partition coefficient (Wildman–Crippen LogP) is 3.66. The number of hydrogen-bond acceptors (Lipinski definition) is 3. The molecular formula is C25H39N3O2. The van der Waals surface area contributed by atoms with Gasteiger partial charge in [-0.2, -0.15) is 0 Å². The molecule has 0 radical (unpaired) electrons. The first-order valence-electron chi connectivity index (χ1n) is 11.6. The molecule has 2 aliphatic rings. The fourth-order valence-corrected chi connectivity index (χ4v) is 5.84. The fraction of sp³-hybridized carbons (Fsp3) is 0.680. The van der Waals surface area contributed by atoms with Crippen LogP contribution in [0.1, 0.15) is 71.3 Å². The van der Waals surface area contributed by atoms with Crippen molar-refractivity contribution in [2.45, 2.75) is 84.2 Å². The highest BCUT2D eigenvalue weighted by Gasteiger charge is 2.51. The monoisotopic (exact) mass is 413 g/mol. The Labute approximate surface area is 181 Å². The molecule has 3 atom stereocenters. The van der Waals surface area contributed by atoms with Crippen molar-refractivity contribution in [2.24, 2.45) is 16.6 Å². The molecule has 1 aliphatic heterocycles. The topological polar surface area (TPSA) is 75.4 Å². The number of nitrogens with two attached hydrogens (primary N) is 1. The number of rotatable bonds is 9. The molecule has 2 bridgehead atoms. The molecule has 5 nitrogen and oxygen atoms in total. The Morgan fingerprint density at radius 2 is 1.87 bits per heavy atom. The van der Waals surface area contributed by atoms with E-state index in [0.717, 1.165) is 50.6 Å². The van der Waals surface area contributed by atoms with Crippen molar-refractivity contribution in [1.29, 1.82) is 0 Å². The van der Waals surface area contributed by atoms with Crippen LogP contribution in [-0.4, -0.2) is 41.9 Å². The lowest BCUT2D eigenvalue weighted by Crippen LogP contribution is -2.51. The van der Waals surface area contributed by atoms with E-state index in [1.54, 1.807) is 0 Å². The zero-order valence-electron chi connectivity index (χ0n) is 19.0. The van der Waals surface area contributed by atoms with Crippen molar-refractivity contribution in [2.75, 3.05) is 13.1 Å². The zero-order valence-corrected chi connectivity index (χ0v) is 19.0. The lowest BCUT2D eigenvalue weighted by Gasteiger charge is -2.39. The van der Waals surface area contributed by atoms with Gasteiger partial charge in [0.25, 0.3) is 0 Å². The average Bonchev–Trinajstić information content (AvgIpc) is 2.93. The number of unbranched alkanes of at least 4 members (excludes halogenated alkanes) is 2. The predicted molar refractivity (Wildman–Crippen MR) is 121 cm³/mol. The molecule has 1 aromatic rings. The number of amides is 2. The maximum absolute atomic E-state index is 13.7. The minimum absolute atomic E-state index is 0.0324. The van der Waals surface area contributed by atoms with Gasteiger partial charge in [0.1, 0.15) is 6.04 Å². The summed E-state index contributed by atoms with van der Waals surface area (Å²) in [6.07, 6.45) is 6.95. The standard InChI is InChI=1S/C25H39N3O2/c1-24(2)15-20-16-25(3,17-24)18-28(20)23(30)21(14-19-10-6-4-7-11-19)27-22(29)12-8-5-9-13-26/h4,6-7,10-11,20-21H,5,8-9,12-18,26H2,1-3H3,(H,27,29). The van der Waals surface area contributed by atoms with Gasteiger partial charge in [-0.1, -0.05) is 57.5 Å². The summed E-state index contributed by atoms with van der Waals surface area (Å²) in [6.45, 7) is 8.40. The summed E-state index contributed by atoms with van der Waals surface area (Å²) in [7, 11) is 0. The van der Waals surface area contributed by atoms with Gasteiger partial charge >= 0.3 is 0 Å². The molecule has 166 valence electrons. The largest absolute Gasteiger partial charge is 0.344 e. The highest BCUT2D eigenvalue weighted by Crippen LogP contribution is 2.52. The van der Waals surface area contributed by atoms with Gasteiger partial charge in [0, 0.05) is 25.4 Å². The van der Waals surface area contributed by atoms with Crippen molar-refractivity contribution >= 4 is 11.8 Å². The molecule has 2 fully saturated rings. The van der Waals surface area contributed by atoms with E-state index in [9.17, 15) is 9.59 Å². The van der Waals surface area contributed by atoms with Crippen LogP contribution in [0.15, 0.2) is 30.3 Å². The third-order valence-corrected chi connectivity index (χ3v) is 6.72. The van der Waals surface area contributed by atoms with Gasteiger partial charge in [0.05, 0.1) is 0 Å². The minimum atomic E-state index is -0.500. The lowest BCUT2D eigenvalue weighted by atomic mass is 9.65. The molecule has 1 aromatic carbocycles. The first kappa shape index (κ1) is 22.8. The van der Waals surface area contributed by atoms with E-state index in [0.29, 0.717) is 19.4 Å². The van der Waals surface area contributed by atoms with Gasteiger partial charge in [0.2, 0.25) is 11.8 Å². The van der Waals surface area contributed by atoms with Crippen molar-refractivity contribution in [3.63, 3.8) is 0 Å². The van der Waals surface area contributed by atoms with Gasteiger partial charge in [-0.05, 0) is 55.0 Å². The van der Waals surface area contributed by atoms with Crippen molar-refractivity contribution in [3.8, 4) is 0 Å². The number of fused-ring (bicyclic) bond motifs is 2. The van der Waals surface area contributed by atoms with Crippen LogP contribution < -0.4 is 11.1 Å². The summed E-state index contributed by atoms with van der Waals surface area (Å²) in [4.78, 5) is 28.3. The second kappa shape index (κ2) is 9.51. The summed E-state index contributed by atoms with van der Waals surface area (Å²) < 4.78 is 0. The SMILES string of the molecule is CC1(C)CC2CC(C)(CN2C(=O)C(Cc2ccccc2)NC(=O)CCCCCN)C1. The Morgan fingerprint density at radius 3 is 2.57 bits per heavy atom. The Hall–Kier alpha value is -1.88. The summed E-state index contributed by atoms with van der Waals surface area (Å²) in [5.41, 5.74) is 7.06. The van der Waals surface area contributed by atoms with Crippen molar-refractivity contribution in [1.82, 2.24) is 10.2 Å². The zero-order chi connectivity index (χ0) is 21.8. The lowest BCUT2D eigenvalue weighted by molar-refractivity contribution is -0.137. The number of carbonyl (C=O) groups is 2. The van der Waals surface area contributed by atoms with Crippen LogP contribution in [0.5, 0.6) is 0 Å². The Balaban J connectivity index is 1.71. The molecule has 5 heteroatoms. The quantitative estimate of drug-likeness (QED) is 0.607. The fourth-order valence-electron chi connectivity index (χ4n) is 5.84. The van der Waals surface area contributed by atoms with Crippen LogP contribution >= 0.6 is 0 Å². The van der Waals surface area contributed by atoms with Gasteiger partial charge in [-0.25, -0.2) is 0 Å². The molecular weight excluding hydrogens is 374 g/mol. The smallest absolute Gasteiger partial charge is 0.245 e. The Bertz CT molecular complexity index is 733. The van der Waals surface area contributed by atoms with Crippen molar-refractivity contribution in [3.05, 3.63) is 35.9 Å². The van der Waals surface area contributed by atoms with Crippen LogP contribution in [0.3, 0.4) is 0 Å². The third-order valence-electron chi connectivity index (χ3n) is 6.72. The van der Waals surface area contributed by atoms with E-state index in [1.165, 1.54) is 0 Å². The van der Waals surface area contributed by atoms with Gasteiger partial charge in [-0.3, -0.25) is 9.59 Å². The second-order valence-electron chi connectivity index (χ2n) is 10.6. The minimum Gasteiger partial charge on any atom is -0.344 e. The molecule has 0 spiro atoms. The maximum atomic E-state index is 13.7. The van der Waals surface area contributed by atoms with Gasteiger partial charge < -0.3 is 16.0 Å². The number of nitrogens with one attached hydrogen (secondary N) is 1. The van der Waals surface area contributed by atoms with E-state index >= 15 is 0 Å². The summed E-state index contributed by atoms with van der Waals surface area (Å²) in [5, 5.41) is 3.07. The number of hydrogen-bond donors (Lipinski definition) is 2. The van der Waals surface area contributed by atoms with E-state index in [4.69, 9.17) is 5.73 Å². The van der Waals surface area contributed by atoms with Crippen LogP contribution in [0, 0.1) is 10.8 Å². The average molecular weight is 414 g/mol. The molecule has 3 unspecified atom stereocenters. The molecule has 1 saturated carbocycles. The number of benzene rings is 1. The second-order valence-corrected chi connectivity index (χ2v) is 10.6. The van der Waals surface area contributed by atoms with Crippen LogP contribution in [0.4, 0.5) is 0 Å². The molecule has 0 aromatic heterocycles. The molecule has 1 heterocycles. The highest BCUT2D eigenvalue weighted by molar-refractivity contribution is 5.88.